The van der Waals surface area contributed by atoms with Gasteiger partial charge in [0, 0.05) is 5.56 Å². The van der Waals surface area contributed by atoms with E-state index in [9.17, 15) is 13.2 Å². The van der Waals surface area contributed by atoms with Crippen LogP contribution in [0.3, 0.4) is 0 Å². The van der Waals surface area contributed by atoms with Crippen LogP contribution in [0.2, 0.25) is 0 Å². The van der Waals surface area contributed by atoms with Crippen LogP contribution in [-0.2, 0) is 10.0 Å². The number of nitrogens with one attached hydrogen (secondary N) is 1. The fraction of sp³-hybridized carbons (Fsp3) is 0. The van der Waals surface area contributed by atoms with Crippen molar-refractivity contribution in [1.29, 1.82) is 0 Å². The summed E-state index contributed by atoms with van der Waals surface area (Å²) in [5.74, 6) is 0.325. The zero-order valence-corrected chi connectivity index (χ0v) is 10.3. The van der Waals surface area contributed by atoms with Gasteiger partial charge in [-0.15, -0.1) is 0 Å². The van der Waals surface area contributed by atoms with Crippen LogP contribution in [0.4, 0.5) is 4.79 Å². The molecule has 9 heteroatoms. The van der Waals surface area contributed by atoms with Crippen LogP contribution in [0.5, 0.6) is 0 Å². The quantitative estimate of drug-likeness (QED) is 0.807. The molecular formula is C10H9N5O3S. The maximum Gasteiger partial charge on any atom is 0.326 e. The number of amides is 2. The molecule has 2 amide bonds. The molecule has 98 valence electrons. The van der Waals surface area contributed by atoms with Gasteiger partial charge < -0.3 is 5.73 Å². The molecule has 0 saturated heterocycles. The van der Waals surface area contributed by atoms with Gasteiger partial charge in [0.15, 0.2) is 5.82 Å². The van der Waals surface area contributed by atoms with Crippen molar-refractivity contribution < 1.29 is 13.2 Å². The molecule has 0 aliphatic carbocycles. The van der Waals surface area contributed by atoms with E-state index < -0.39 is 16.1 Å². The van der Waals surface area contributed by atoms with E-state index in [0.717, 1.165) is 0 Å². The van der Waals surface area contributed by atoms with Crippen molar-refractivity contribution in [3.05, 3.63) is 36.9 Å². The van der Waals surface area contributed by atoms with Gasteiger partial charge in [0.2, 0.25) is 0 Å². The van der Waals surface area contributed by atoms with Crippen LogP contribution in [-0.4, -0.2) is 29.4 Å². The molecule has 8 nitrogen and oxygen atoms in total. The highest BCUT2D eigenvalue weighted by Gasteiger charge is 2.16. The summed E-state index contributed by atoms with van der Waals surface area (Å²) in [4.78, 5) is 22.0. The van der Waals surface area contributed by atoms with Gasteiger partial charge in [-0.05, 0) is 12.1 Å². The smallest absolute Gasteiger partial charge is 0.326 e. The lowest BCUT2D eigenvalue weighted by atomic mass is 10.2. The Morgan fingerprint density at radius 3 is 2.53 bits per heavy atom. The molecule has 0 spiro atoms. The van der Waals surface area contributed by atoms with Gasteiger partial charge in [-0.25, -0.2) is 32.9 Å². The van der Waals surface area contributed by atoms with Gasteiger partial charge in [0.05, 0.1) is 4.90 Å². The molecule has 3 N–H and O–H groups in total. The molecule has 2 rings (SSSR count). The van der Waals surface area contributed by atoms with E-state index >= 15 is 0 Å². The van der Waals surface area contributed by atoms with Crippen LogP contribution >= 0.6 is 0 Å². The number of nitrogens with zero attached hydrogens (tertiary/aromatic N) is 3. The van der Waals surface area contributed by atoms with Crippen molar-refractivity contribution >= 4 is 16.1 Å². The summed E-state index contributed by atoms with van der Waals surface area (Å²) in [7, 11) is -3.99. The molecule has 0 aliphatic heterocycles. The Labute approximate surface area is 108 Å². The third kappa shape index (κ3) is 3.01. The highest BCUT2D eigenvalue weighted by molar-refractivity contribution is 7.90. The number of benzene rings is 1. The lowest BCUT2D eigenvalue weighted by molar-refractivity contribution is 0.253. The monoisotopic (exact) mass is 279 g/mol. The van der Waals surface area contributed by atoms with E-state index in [1.54, 1.807) is 10.8 Å². The Morgan fingerprint density at radius 1 is 1.21 bits per heavy atom. The fourth-order valence-corrected chi connectivity index (χ4v) is 2.30. The number of rotatable bonds is 3. The van der Waals surface area contributed by atoms with Gasteiger partial charge >= 0.3 is 6.03 Å². The molecular weight excluding hydrogens is 270 g/mol. The molecule has 19 heavy (non-hydrogen) atoms. The molecule has 0 fully saturated rings. The molecule has 0 saturated carbocycles. The predicted molar refractivity (Wildman–Crippen MR) is 65.2 cm³/mol. The number of primary amides is 1. The summed E-state index contributed by atoms with van der Waals surface area (Å²) in [6.45, 7) is 0. The third-order valence-corrected chi connectivity index (χ3v) is 3.48. The molecule has 1 aromatic heterocycles. The van der Waals surface area contributed by atoms with Crippen LogP contribution in [0.25, 0.3) is 11.4 Å². The van der Waals surface area contributed by atoms with Gasteiger partial charge in [0.1, 0.15) is 12.7 Å². The summed E-state index contributed by atoms with van der Waals surface area (Å²) in [6.07, 6.45) is 2.59. The van der Waals surface area contributed by atoms with E-state index in [0.29, 0.717) is 11.4 Å². The fourth-order valence-electron chi connectivity index (χ4n) is 1.38. The molecule has 0 atom stereocenters. The van der Waals surface area contributed by atoms with E-state index in [-0.39, 0.29) is 4.90 Å². The normalized spacial score (nSPS) is 10.9. The van der Waals surface area contributed by atoms with Crippen LogP contribution in [0.1, 0.15) is 0 Å². The second kappa shape index (κ2) is 4.98. The molecule has 1 heterocycles. The summed E-state index contributed by atoms with van der Waals surface area (Å²) in [5.41, 5.74) is 5.28. The highest BCUT2D eigenvalue weighted by atomic mass is 32.2. The maximum atomic E-state index is 11.8. The average Bonchev–Trinajstić information content (AvgIpc) is 2.38. The van der Waals surface area contributed by atoms with E-state index in [2.05, 4.69) is 15.0 Å². The van der Waals surface area contributed by atoms with Gasteiger partial charge in [0.25, 0.3) is 10.0 Å². The Bertz CT molecular complexity index is 702. The SMILES string of the molecule is NC(=O)NS(=O)(=O)c1cccc(-c2ncncn2)c1. The molecule has 0 aliphatic rings. The first-order valence-corrected chi connectivity index (χ1v) is 6.52. The number of aromatic nitrogens is 3. The van der Waals surface area contributed by atoms with Crippen LogP contribution < -0.4 is 10.5 Å². The number of carbonyl (C=O) groups excluding carboxylic acids is 1. The molecule has 0 bridgehead atoms. The minimum atomic E-state index is -3.99. The Hall–Kier alpha value is -2.55. The average molecular weight is 279 g/mol. The lowest BCUT2D eigenvalue weighted by Gasteiger charge is -2.05. The van der Waals surface area contributed by atoms with E-state index in [1.165, 1.54) is 30.9 Å². The number of sulfonamides is 1. The largest absolute Gasteiger partial charge is 0.351 e. The summed E-state index contributed by atoms with van der Waals surface area (Å²) in [6, 6.07) is 4.66. The maximum absolute atomic E-state index is 11.8. The first kappa shape index (κ1) is 12.9. The number of urea groups is 1. The second-order valence-electron chi connectivity index (χ2n) is 3.46. The summed E-state index contributed by atoms with van der Waals surface area (Å²) in [5, 5.41) is 0. The van der Waals surface area contributed by atoms with Crippen LogP contribution in [0, 0.1) is 0 Å². The Kier molecular flexibility index (Phi) is 3.38. The van der Waals surface area contributed by atoms with Crippen LogP contribution in [0.15, 0.2) is 41.8 Å². The third-order valence-electron chi connectivity index (χ3n) is 2.13. The van der Waals surface area contributed by atoms with Gasteiger partial charge in [-0.1, -0.05) is 12.1 Å². The van der Waals surface area contributed by atoms with Crippen molar-refractivity contribution in [1.82, 2.24) is 19.7 Å². The topological polar surface area (TPSA) is 128 Å². The van der Waals surface area contributed by atoms with Crippen molar-refractivity contribution in [3.8, 4) is 11.4 Å². The van der Waals surface area contributed by atoms with Crippen molar-refractivity contribution in [2.75, 3.05) is 0 Å². The van der Waals surface area contributed by atoms with Crippen molar-refractivity contribution in [2.45, 2.75) is 4.90 Å². The Balaban J connectivity index is 2.43. The van der Waals surface area contributed by atoms with Crippen molar-refractivity contribution in [3.63, 3.8) is 0 Å². The Morgan fingerprint density at radius 2 is 1.89 bits per heavy atom. The summed E-state index contributed by atoms with van der Waals surface area (Å²) < 4.78 is 25.2. The highest BCUT2D eigenvalue weighted by Crippen LogP contribution is 2.18. The minimum Gasteiger partial charge on any atom is -0.351 e. The predicted octanol–water partition coefficient (Wildman–Crippen LogP) is -0.104. The van der Waals surface area contributed by atoms with Gasteiger partial charge in [-0.2, -0.15) is 0 Å². The lowest BCUT2D eigenvalue weighted by Crippen LogP contribution is -2.34. The van der Waals surface area contributed by atoms with E-state index in [4.69, 9.17) is 5.73 Å². The second-order valence-corrected chi connectivity index (χ2v) is 5.14. The first-order valence-electron chi connectivity index (χ1n) is 5.04. The summed E-state index contributed by atoms with van der Waals surface area (Å²) >= 11 is 0. The van der Waals surface area contributed by atoms with E-state index in [1.807, 2.05) is 0 Å². The van der Waals surface area contributed by atoms with Crippen molar-refractivity contribution in [2.24, 2.45) is 5.73 Å². The molecule has 1 aromatic carbocycles. The number of carbonyl (C=O) groups is 1. The molecule has 0 unspecified atom stereocenters. The minimum absolute atomic E-state index is 0.107. The number of hydrogen-bond acceptors (Lipinski definition) is 6. The number of hydrogen-bond donors (Lipinski definition) is 2. The zero-order valence-electron chi connectivity index (χ0n) is 9.52. The first-order chi connectivity index (χ1) is 8.99. The standard InChI is InChI=1S/C10H9N5O3S/c11-10(16)15-19(17,18)8-3-1-2-7(4-8)9-13-5-12-6-14-9/h1-6H,(H3,11,15,16). The number of nitrogens with two attached hydrogens (primary N) is 1. The zero-order chi connectivity index (χ0) is 13.9. The molecule has 0 radical (unpaired) electrons. The van der Waals surface area contributed by atoms with Gasteiger partial charge in [-0.3, -0.25) is 0 Å². The molecule has 2 aromatic rings.